The maximum absolute atomic E-state index is 8.98. The van der Waals surface area contributed by atoms with Crippen LogP contribution in [0.5, 0.6) is 0 Å². The summed E-state index contributed by atoms with van der Waals surface area (Å²) in [6.45, 7) is 4.86. The molecule has 102 valence electrons. The van der Waals surface area contributed by atoms with Crippen molar-refractivity contribution in [3.63, 3.8) is 0 Å². The van der Waals surface area contributed by atoms with E-state index in [9.17, 15) is 0 Å². The third-order valence-electron chi connectivity index (χ3n) is 3.08. The van der Waals surface area contributed by atoms with Crippen molar-refractivity contribution >= 4 is 0 Å². The normalized spacial score (nSPS) is 10.8. The molecule has 4 nitrogen and oxygen atoms in total. The number of aryl methyl sites for hydroxylation is 1. The summed E-state index contributed by atoms with van der Waals surface area (Å²) in [4.78, 5) is 4.36. The van der Waals surface area contributed by atoms with E-state index in [1.807, 2.05) is 36.7 Å². The Morgan fingerprint density at radius 2 is 1.89 bits per heavy atom. The number of hydrogen-bond acceptors (Lipinski definition) is 3. The second kappa shape index (κ2) is 7.07. The zero-order valence-electron chi connectivity index (χ0n) is 11.3. The molecule has 1 heterocycles. The summed E-state index contributed by atoms with van der Waals surface area (Å²) in [6.07, 6.45) is 4.99. The SMILES string of the molecule is CCCn1ccnc1CNCc1ccc(CO)cc1. The lowest BCUT2D eigenvalue weighted by Crippen LogP contribution is -2.16. The Morgan fingerprint density at radius 3 is 2.58 bits per heavy atom. The van der Waals surface area contributed by atoms with E-state index in [1.54, 1.807) is 0 Å². The number of imidazole rings is 1. The molecule has 0 amide bonds. The van der Waals surface area contributed by atoms with Gasteiger partial charge >= 0.3 is 0 Å². The largest absolute Gasteiger partial charge is 0.392 e. The molecule has 0 saturated carbocycles. The first-order valence-corrected chi connectivity index (χ1v) is 6.73. The van der Waals surface area contributed by atoms with E-state index in [0.717, 1.165) is 37.4 Å². The maximum Gasteiger partial charge on any atom is 0.122 e. The molecule has 1 aromatic heterocycles. The van der Waals surface area contributed by atoms with E-state index in [4.69, 9.17) is 5.11 Å². The van der Waals surface area contributed by atoms with Crippen LogP contribution in [0.1, 0.15) is 30.3 Å². The lowest BCUT2D eigenvalue weighted by molar-refractivity contribution is 0.282. The first-order valence-electron chi connectivity index (χ1n) is 6.73. The molecule has 0 spiro atoms. The van der Waals surface area contributed by atoms with Crippen LogP contribution >= 0.6 is 0 Å². The van der Waals surface area contributed by atoms with Crippen molar-refractivity contribution in [3.05, 3.63) is 53.6 Å². The molecule has 19 heavy (non-hydrogen) atoms. The summed E-state index contributed by atoms with van der Waals surface area (Å²) in [6, 6.07) is 7.98. The van der Waals surface area contributed by atoms with Gasteiger partial charge in [-0.05, 0) is 17.5 Å². The van der Waals surface area contributed by atoms with Gasteiger partial charge in [0.15, 0.2) is 0 Å². The Hall–Kier alpha value is -1.65. The van der Waals surface area contributed by atoms with Gasteiger partial charge in [-0.15, -0.1) is 0 Å². The van der Waals surface area contributed by atoms with Crippen molar-refractivity contribution in [1.29, 1.82) is 0 Å². The highest BCUT2D eigenvalue weighted by molar-refractivity contribution is 5.21. The van der Waals surface area contributed by atoms with Gasteiger partial charge in [0.05, 0.1) is 13.2 Å². The Balaban J connectivity index is 1.83. The third-order valence-corrected chi connectivity index (χ3v) is 3.08. The Bertz CT molecular complexity index is 490. The molecule has 0 saturated heterocycles. The van der Waals surface area contributed by atoms with Crippen LogP contribution in [0.3, 0.4) is 0 Å². The first-order chi connectivity index (χ1) is 9.33. The minimum absolute atomic E-state index is 0.0994. The van der Waals surface area contributed by atoms with Crippen LogP contribution in [0.25, 0.3) is 0 Å². The van der Waals surface area contributed by atoms with E-state index in [-0.39, 0.29) is 6.61 Å². The zero-order valence-corrected chi connectivity index (χ0v) is 11.3. The van der Waals surface area contributed by atoms with Crippen molar-refractivity contribution in [2.24, 2.45) is 0 Å². The summed E-state index contributed by atoms with van der Waals surface area (Å²) in [5.41, 5.74) is 2.16. The lowest BCUT2D eigenvalue weighted by Gasteiger charge is -2.08. The van der Waals surface area contributed by atoms with Gasteiger partial charge < -0.3 is 15.0 Å². The van der Waals surface area contributed by atoms with Gasteiger partial charge in [-0.2, -0.15) is 0 Å². The van der Waals surface area contributed by atoms with E-state index < -0.39 is 0 Å². The minimum Gasteiger partial charge on any atom is -0.392 e. The molecule has 0 aliphatic carbocycles. The highest BCUT2D eigenvalue weighted by Gasteiger charge is 2.01. The van der Waals surface area contributed by atoms with Crippen LogP contribution < -0.4 is 5.32 Å². The predicted molar refractivity (Wildman–Crippen MR) is 75.4 cm³/mol. The van der Waals surface area contributed by atoms with Crippen LogP contribution in [0.4, 0.5) is 0 Å². The Kier molecular flexibility index (Phi) is 5.12. The van der Waals surface area contributed by atoms with Crippen molar-refractivity contribution < 1.29 is 5.11 Å². The van der Waals surface area contributed by atoms with E-state index >= 15 is 0 Å². The number of benzene rings is 1. The smallest absolute Gasteiger partial charge is 0.122 e. The van der Waals surface area contributed by atoms with Crippen molar-refractivity contribution in [3.8, 4) is 0 Å². The van der Waals surface area contributed by atoms with Crippen LogP contribution in [-0.2, 0) is 26.2 Å². The van der Waals surface area contributed by atoms with Gasteiger partial charge in [0.1, 0.15) is 5.82 Å². The topological polar surface area (TPSA) is 50.1 Å². The summed E-state index contributed by atoms with van der Waals surface area (Å²) in [7, 11) is 0. The molecule has 2 rings (SSSR count). The lowest BCUT2D eigenvalue weighted by atomic mass is 10.1. The number of rotatable bonds is 7. The first kappa shape index (κ1) is 13.8. The van der Waals surface area contributed by atoms with E-state index in [0.29, 0.717) is 0 Å². The second-order valence-electron chi connectivity index (χ2n) is 4.62. The highest BCUT2D eigenvalue weighted by Crippen LogP contribution is 2.05. The monoisotopic (exact) mass is 259 g/mol. The molecular formula is C15H21N3O. The van der Waals surface area contributed by atoms with Crippen LogP contribution in [0.15, 0.2) is 36.7 Å². The number of aliphatic hydroxyl groups is 1. The predicted octanol–water partition coefficient (Wildman–Crippen LogP) is 2.08. The number of nitrogens with one attached hydrogen (secondary N) is 1. The molecular weight excluding hydrogens is 238 g/mol. The van der Waals surface area contributed by atoms with Crippen molar-refractivity contribution in [1.82, 2.24) is 14.9 Å². The average molecular weight is 259 g/mol. The fourth-order valence-electron chi connectivity index (χ4n) is 2.03. The molecule has 1 aromatic carbocycles. The molecule has 0 bridgehead atoms. The average Bonchev–Trinajstić information content (AvgIpc) is 2.88. The quantitative estimate of drug-likeness (QED) is 0.800. The second-order valence-corrected chi connectivity index (χ2v) is 4.62. The zero-order chi connectivity index (χ0) is 13.5. The summed E-state index contributed by atoms with van der Waals surface area (Å²) < 4.78 is 2.18. The van der Waals surface area contributed by atoms with Crippen LogP contribution in [-0.4, -0.2) is 14.7 Å². The third kappa shape index (κ3) is 3.91. The van der Waals surface area contributed by atoms with E-state index in [2.05, 4.69) is 21.8 Å². The standard InChI is InChI=1S/C15H21N3O/c1-2-8-18-9-7-17-15(18)11-16-10-13-3-5-14(12-19)6-4-13/h3-7,9,16,19H,2,8,10-12H2,1H3. The molecule has 0 aliphatic rings. The van der Waals surface area contributed by atoms with Crippen LogP contribution in [0.2, 0.25) is 0 Å². The fourth-order valence-corrected chi connectivity index (χ4v) is 2.03. The molecule has 2 N–H and O–H groups in total. The van der Waals surface area contributed by atoms with E-state index in [1.165, 1.54) is 5.56 Å². The van der Waals surface area contributed by atoms with Crippen LogP contribution in [0, 0.1) is 0 Å². The van der Waals surface area contributed by atoms with Gasteiger partial charge in [0.2, 0.25) is 0 Å². The van der Waals surface area contributed by atoms with Gasteiger partial charge in [-0.25, -0.2) is 4.98 Å². The molecule has 4 heteroatoms. The molecule has 0 fully saturated rings. The van der Waals surface area contributed by atoms with Gasteiger partial charge in [0, 0.05) is 25.5 Å². The summed E-state index contributed by atoms with van der Waals surface area (Å²) in [5.74, 6) is 1.08. The van der Waals surface area contributed by atoms with Crippen molar-refractivity contribution in [2.45, 2.75) is 39.6 Å². The molecule has 0 radical (unpaired) electrons. The molecule has 0 atom stereocenters. The molecule has 2 aromatic rings. The number of aliphatic hydroxyl groups excluding tert-OH is 1. The van der Waals surface area contributed by atoms with Gasteiger partial charge in [-0.3, -0.25) is 0 Å². The Labute approximate surface area is 114 Å². The maximum atomic E-state index is 8.98. The number of aromatic nitrogens is 2. The number of hydrogen-bond donors (Lipinski definition) is 2. The van der Waals surface area contributed by atoms with Gasteiger partial charge in [0.25, 0.3) is 0 Å². The summed E-state index contributed by atoms with van der Waals surface area (Å²) in [5, 5.41) is 12.4. The fraction of sp³-hybridized carbons (Fsp3) is 0.400. The minimum atomic E-state index is 0.0994. The molecule has 0 unspecified atom stereocenters. The highest BCUT2D eigenvalue weighted by atomic mass is 16.3. The Morgan fingerprint density at radius 1 is 1.16 bits per heavy atom. The number of nitrogens with zero attached hydrogens (tertiary/aromatic N) is 2. The molecule has 0 aliphatic heterocycles. The van der Waals surface area contributed by atoms with Gasteiger partial charge in [-0.1, -0.05) is 31.2 Å². The summed E-state index contributed by atoms with van der Waals surface area (Å²) >= 11 is 0. The van der Waals surface area contributed by atoms with Crippen molar-refractivity contribution in [2.75, 3.05) is 0 Å².